The molecule has 0 radical (unpaired) electrons. The van der Waals surface area contributed by atoms with Crippen LogP contribution in [0.2, 0.25) is 0 Å². The molecule has 0 spiro atoms. The molecule has 0 atom stereocenters. The van der Waals surface area contributed by atoms with E-state index in [0.29, 0.717) is 11.7 Å². The fraction of sp³-hybridized carbons (Fsp3) is 0.158. The van der Waals surface area contributed by atoms with Crippen LogP contribution in [-0.2, 0) is 0 Å². The van der Waals surface area contributed by atoms with Crippen LogP contribution in [0.25, 0.3) is 10.8 Å². The molecule has 4 nitrogen and oxygen atoms in total. The molecule has 2 aromatic carbocycles. The van der Waals surface area contributed by atoms with Crippen molar-refractivity contribution in [3.63, 3.8) is 0 Å². The second-order valence-electron chi connectivity index (χ2n) is 5.84. The number of nitrogens with zero attached hydrogens (tertiary/aromatic N) is 1. The van der Waals surface area contributed by atoms with E-state index >= 15 is 0 Å². The van der Waals surface area contributed by atoms with Crippen LogP contribution in [0.3, 0.4) is 0 Å². The molecule has 1 fully saturated rings. The van der Waals surface area contributed by atoms with Gasteiger partial charge in [0.15, 0.2) is 0 Å². The van der Waals surface area contributed by atoms with E-state index in [1.54, 1.807) is 6.07 Å². The number of nitrogens with one attached hydrogen (secondary N) is 2. The van der Waals surface area contributed by atoms with Crippen molar-refractivity contribution in [2.45, 2.75) is 18.9 Å². The monoisotopic (exact) mass is 303 g/mol. The molecule has 0 aliphatic heterocycles. The number of fused-ring (bicyclic) bond motifs is 1. The zero-order chi connectivity index (χ0) is 15.6. The number of pyridine rings is 1. The Kier molecular flexibility index (Phi) is 3.42. The Morgan fingerprint density at radius 3 is 2.61 bits per heavy atom. The van der Waals surface area contributed by atoms with E-state index in [2.05, 4.69) is 21.7 Å². The molecule has 1 aliphatic carbocycles. The lowest BCUT2D eigenvalue weighted by Crippen LogP contribution is -2.15. The van der Waals surface area contributed by atoms with Crippen LogP contribution in [0.5, 0.6) is 0 Å². The van der Waals surface area contributed by atoms with Crippen molar-refractivity contribution in [1.29, 1.82) is 0 Å². The van der Waals surface area contributed by atoms with Gasteiger partial charge in [0, 0.05) is 11.7 Å². The van der Waals surface area contributed by atoms with Gasteiger partial charge in [0.25, 0.3) is 5.91 Å². The summed E-state index contributed by atoms with van der Waals surface area (Å²) in [5, 5.41) is 8.48. The minimum absolute atomic E-state index is 0.195. The lowest BCUT2D eigenvalue weighted by molar-refractivity contribution is 0.102. The summed E-state index contributed by atoms with van der Waals surface area (Å²) in [7, 11) is 0. The Labute approximate surface area is 134 Å². The third-order valence-corrected chi connectivity index (χ3v) is 3.92. The summed E-state index contributed by atoms with van der Waals surface area (Å²) < 4.78 is 0. The molecule has 0 saturated heterocycles. The highest BCUT2D eigenvalue weighted by atomic mass is 16.1. The first-order chi connectivity index (χ1) is 11.3. The highest BCUT2D eigenvalue weighted by Gasteiger charge is 2.21. The lowest BCUT2D eigenvalue weighted by atomic mass is 10.1. The lowest BCUT2D eigenvalue weighted by Gasteiger charge is -2.08. The highest BCUT2D eigenvalue weighted by Crippen LogP contribution is 2.24. The second kappa shape index (κ2) is 5.72. The molecule has 0 unspecified atom stereocenters. The van der Waals surface area contributed by atoms with Gasteiger partial charge in [-0.05, 0) is 47.9 Å². The van der Waals surface area contributed by atoms with Crippen LogP contribution in [0.1, 0.15) is 23.3 Å². The first-order valence-electron chi connectivity index (χ1n) is 7.82. The van der Waals surface area contributed by atoms with Gasteiger partial charge >= 0.3 is 0 Å². The average molecular weight is 303 g/mol. The van der Waals surface area contributed by atoms with Gasteiger partial charge < -0.3 is 10.6 Å². The number of benzene rings is 2. The number of carbonyl (C=O) groups excluding carboxylic acids is 1. The summed E-state index contributed by atoms with van der Waals surface area (Å²) in [5.74, 6) is 0.568. The standard InChI is InChI=1S/C19H17N3O/c23-19(17-6-3-7-18(22-17)20-15-10-11-15)21-16-9-8-13-4-1-2-5-14(13)12-16/h1-9,12,15H,10-11H2,(H,20,22)(H,21,23). The van der Waals surface area contributed by atoms with Gasteiger partial charge in [0.05, 0.1) is 0 Å². The highest BCUT2D eigenvalue weighted by molar-refractivity contribution is 6.04. The van der Waals surface area contributed by atoms with Gasteiger partial charge in [-0.3, -0.25) is 4.79 Å². The zero-order valence-corrected chi connectivity index (χ0v) is 12.6. The Hall–Kier alpha value is -2.88. The number of hydrogen-bond acceptors (Lipinski definition) is 3. The third-order valence-electron chi connectivity index (χ3n) is 3.92. The smallest absolute Gasteiger partial charge is 0.274 e. The number of rotatable bonds is 4. The van der Waals surface area contributed by atoms with Crippen LogP contribution in [0.4, 0.5) is 11.5 Å². The van der Waals surface area contributed by atoms with Crippen LogP contribution in [-0.4, -0.2) is 16.9 Å². The molecule has 1 saturated carbocycles. The van der Waals surface area contributed by atoms with Gasteiger partial charge in [0.1, 0.15) is 11.5 Å². The topological polar surface area (TPSA) is 54.0 Å². The molecule has 23 heavy (non-hydrogen) atoms. The first-order valence-corrected chi connectivity index (χ1v) is 7.82. The summed E-state index contributed by atoms with van der Waals surface area (Å²) in [5.41, 5.74) is 1.19. The van der Waals surface area contributed by atoms with Crippen molar-refractivity contribution in [1.82, 2.24) is 4.98 Å². The minimum Gasteiger partial charge on any atom is -0.367 e. The predicted molar refractivity (Wildman–Crippen MR) is 92.8 cm³/mol. The molecule has 4 heteroatoms. The number of amides is 1. The van der Waals surface area contributed by atoms with Crippen molar-refractivity contribution in [2.24, 2.45) is 0 Å². The third kappa shape index (κ3) is 3.16. The van der Waals surface area contributed by atoms with Gasteiger partial charge in [-0.1, -0.05) is 36.4 Å². The maximum Gasteiger partial charge on any atom is 0.274 e. The van der Waals surface area contributed by atoms with Crippen LogP contribution in [0, 0.1) is 0 Å². The van der Waals surface area contributed by atoms with Gasteiger partial charge in [-0.15, -0.1) is 0 Å². The molecule has 1 amide bonds. The molecule has 4 rings (SSSR count). The molecule has 1 aliphatic rings. The molecular weight excluding hydrogens is 286 g/mol. The molecule has 3 aromatic rings. The van der Waals surface area contributed by atoms with E-state index in [4.69, 9.17) is 0 Å². The van der Waals surface area contributed by atoms with E-state index in [1.807, 2.05) is 48.5 Å². The van der Waals surface area contributed by atoms with E-state index in [-0.39, 0.29) is 5.91 Å². The zero-order valence-electron chi connectivity index (χ0n) is 12.6. The van der Waals surface area contributed by atoms with E-state index in [0.717, 1.165) is 22.3 Å². The van der Waals surface area contributed by atoms with Crippen molar-refractivity contribution < 1.29 is 4.79 Å². The van der Waals surface area contributed by atoms with Crippen LogP contribution < -0.4 is 10.6 Å². The first kappa shape index (κ1) is 13.8. The second-order valence-corrected chi connectivity index (χ2v) is 5.84. The summed E-state index contributed by atoms with van der Waals surface area (Å²) in [4.78, 5) is 16.8. The largest absolute Gasteiger partial charge is 0.367 e. The Balaban J connectivity index is 1.53. The Morgan fingerprint density at radius 2 is 1.78 bits per heavy atom. The number of anilines is 2. The number of carbonyl (C=O) groups is 1. The van der Waals surface area contributed by atoms with E-state index in [9.17, 15) is 4.79 Å². The summed E-state index contributed by atoms with van der Waals surface area (Å²) >= 11 is 0. The van der Waals surface area contributed by atoms with Gasteiger partial charge in [-0.25, -0.2) is 4.98 Å². The van der Waals surface area contributed by atoms with Crippen molar-refractivity contribution in [3.05, 3.63) is 66.4 Å². The average Bonchev–Trinajstić information content (AvgIpc) is 3.39. The molecule has 1 aromatic heterocycles. The van der Waals surface area contributed by atoms with Crippen LogP contribution >= 0.6 is 0 Å². The van der Waals surface area contributed by atoms with Crippen molar-refractivity contribution in [2.75, 3.05) is 10.6 Å². The Morgan fingerprint density at radius 1 is 0.957 bits per heavy atom. The molecule has 0 bridgehead atoms. The normalized spacial score (nSPS) is 13.7. The molecule has 2 N–H and O–H groups in total. The maximum atomic E-state index is 12.4. The molecule has 1 heterocycles. The number of hydrogen-bond donors (Lipinski definition) is 2. The Bertz CT molecular complexity index is 871. The van der Waals surface area contributed by atoms with E-state index < -0.39 is 0 Å². The van der Waals surface area contributed by atoms with Crippen LogP contribution in [0.15, 0.2) is 60.7 Å². The fourth-order valence-electron chi connectivity index (χ4n) is 2.54. The molecular formula is C19H17N3O. The SMILES string of the molecule is O=C(Nc1ccc2ccccc2c1)c1cccc(NC2CC2)n1. The van der Waals surface area contributed by atoms with Gasteiger partial charge in [0.2, 0.25) is 0 Å². The molecule has 114 valence electrons. The van der Waals surface area contributed by atoms with Gasteiger partial charge in [-0.2, -0.15) is 0 Å². The summed E-state index contributed by atoms with van der Waals surface area (Å²) in [6, 6.07) is 20.0. The van der Waals surface area contributed by atoms with E-state index in [1.165, 1.54) is 12.8 Å². The summed E-state index contributed by atoms with van der Waals surface area (Å²) in [6.07, 6.45) is 2.35. The maximum absolute atomic E-state index is 12.4. The van der Waals surface area contributed by atoms with Crippen molar-refractivity contribution >= 4 is 28.2 Å². The fourth-order valence-corrected chi connectivity index (χ4v) is 2.54. The number of aromatic nitrogens is 1. The minimum atomic E-state index is -0.195. The van der Waals surface area contributed by atoms with Crippen molar-refractivity contribution in [3.8, 4) is 0 Å². The quantitative estimate of drug-likeness (QED) is 0.764. The summed E-state index contributed by atoms with van der Waals surface area (Å²) in [6.45, 7) is 0. The predicted octanol–water partition coefficient (Wildman–Crippen LogP) is 4.06.